The minimum atomic E-state index is 0.0961. The molecule has 24 heavy (non-hydrogen) atoms. The van der Waals surface area contributed by atoms with E-state index in [-0.39, 0.29) is 6.10 Å². The molecule has 3 rings (SSSR count). The van der Waals surface area contributed by atoms with E-state index in [2.05, 4.69) is 23.2 Å². The molecular formula is C22H21NO. The van der Waals surface area contributed by atoms with Crippen LogP contribution in [0.4, 0.5) is 5.69 Å². The fourth-order valence-electron chi connectivity index (χ4n) is 2.53. The van der Waals surface area contributed by atoms with Gasteiger partial charge in [0.05, 0.1) is 11.8 Å². The van der Waals surface area contributed by atoms with Crippen LogP contribution in [0.25, 0.3) is 11.1 Å². The SMILES string of the molecule is CC(C)Oc1c(C=Nc2ccccc2)cccc1-c1ccccc1. The van der Waals surface area contributed by atoms with E-state index in [1.54, 1.807) is 0 Å². The quantitative estimate of drug-likeness (QED) is 0.538. The van der Waals surface area contributed by atoms with Gasteiger partial charge in [-0.2, -0.15) is 0 Å². The van der Waals surface area contributed by atoms with Gasteiger partial charge in [0.15, 0.2) is 0 Å². The molecule has 0 aromatic heterocycles. The third-order valence-corrected chi connectivity index (χ3v) is 3.59. The molecule has 0 fully saturated rings. The van der Waals surface area contributed by atoms with Gasteiger partial charge >= 0.3 is 0 Å². The number of rotatable bonds is 5. The molecular weight excluding hydrogens is 294 g/mol. The van der Waals surface area contributed by atoms with Crippen molar-refractivity contribution in [1.29, 1.82) is 0 Å². The molecule has 0 aliphatic heterocycles. The molecule has 0 N–H and O–H groups in total. The summed E-state index contributed by atoms with van der Waals surface area (Å²) >= 11 is 0. The Balaban J connectivity index is 2.04. The minimum Gasteiger partial charge on any atom is -0.490 e. The van der Waals surface area contributed by atoms with E-state index in [0.717, 1.165) is 28.1 Å². The number of benzene rings is 3. The normalized spacial score (nSPS) is 11.1. The molecule has 3 aromatic rings. The summed E-state index contributed by atoms with van der Waals surface area (Å²) in [6.45, 7) is 4.08. The summed E-state index contributed by atoms with van der Waals surface area (Å²) in [5.74, 6) is 0.874. The fraction of sp³-hybridized carbons (Fsp3) is 0.136. The van der Waals surface area contributed by atoms with E-state index in [0.29, 0.717) is 0 Å². The first-order valence-corrected chi connectivity index (χ1v) is 8.18. The minimum absolute atomic E-state index is 0.0961. The predicted molar refractivity (Wildman–Crippen MR) is 101 cm³/mol. The second-order valence-electron chi connectivity index (χ2n) is 5.85. The summed E-state index contributed by atoms with van der Waals surface area (Å²) < 4.78 is 6.13. The summed E-state index contributed by atoms with van der Waals surface area (Å²) in [6.07, 6.45) is 1.97. The second kappa shape index (κ2) is 7.60. The largest absolute Gasteiger partial charge is 0.490 e. The Bertz CT molecular complexity index is 808. The predicted octanol–water partition coefficient (Wildman–Crippen LogP) is 5.89. The van der Waals surface area contributed by atoms with Gasteiger partial charge in [-0.05, 0) is 37.6 Å². The molecule has 0 bridgehead atoms. The van der Waals surface area contributed by atoms with Crippen molar-refractivity contribution in [2.45, 2.75) is 20.0 Å². The molecule has 120 valence electrons. The number of aliphatic imine (C=N–C) groups is 1. The van der Waals surface area contributed by atoms with Crippen LogP contribution < -0.4 is 4.74 Å². The van der Waals surface area contributed by atoms with E-state index < -0.39 is 0 Å². The van der Waals surface area contributed by atoms with Gasteiger partial charge in [0.1, 0.15) is 5.75 Å². The Kier molecular flexibility index (Phi) is 5.07. The van der Waals surface area contributed by atoms with Crippen molar-refractivity contribution in [2.75, 3.05) is 0 Å². The topological polar surface area (TPSA) is 21.6 Å². The van der Waals surface area contributed by atoms with Crippen molar-refractivity contribution in [2.24, 2.45) is 4.99 Å². The third kappa shape index (κ3) is 3.90. The molecule has 3 aromatic carbocycles. The van der Waals surface area contributed by atoms with E-state index in [1.165, 1.54) is 0 Å². The van der Waals surface area contributed by atoms with Crippen molar-refractivity contribution < 1.29 is 4.74 Å². The van der Waals surface area contributed by atoms with Crippen LogP contribution in [0.2, 0.25) is 0 Å². The highest BCUT2D eigenvalue weighted by molar-refractivity contribution is 5.90. The molecule has 0 amide bonds. The number of hydrogen-bond acceptors (Lipinski definition) is 2. The molecule has 0 atom stereocenters. The number of hydrogen-bond donors (Lipinski definition) is 0. The van der Waals surface area contributed by atoms with Crippen LogP contribution in [0.1, 0.15) is 19.4 Å². The molecule has 0 saturated heterocycles. The van der Waals surface area contributed by atoms with E-state index in [4.69, 9.17) is 4.74 Å². The van der Waals surface area contributed by atoms with Crippen LogP contribution >= 0.6 is 0 Å². The number of para-hydroxylation sites is 2. The molecule has 0 unspecified atom stereocenters. The van der Waals surface area contributed by atoms with Gasteiger partial charge < -0.3 is 4.74 Å². The monoisotopic (exact) mass is 315 g/mol. The second-order valence-corrected chi connectivity index (χ2v) is 5.85. The van der Waals surface area contributed by atoms with Crippen molar-refractivity contribution in [1.82, 2.24) is 0 Å². The van der Waals surface area contributed by atoms with Gasteiger partial charge in [-0.1, -0.05) is 60.7 Å². The van der Waals surface area contributed by atoms with Gasteiger partial charge in [-0.3, -0.25) is 4.99 Å². The molecule has 2 nitrogen and oxygen atoms in total. The van der Waals surface area contributed by atoms with Crippen molar-refractivity contribution in [3.8, 4) is 16.9 Å². The lowest BCUT2D eigenvalue weighted by molar-refractivity contribution is 0.243. The maximum atomic E-state index is 6.13. The zero-order valence-corrected chi connectivity index (χ0v) is 14.0. The van der Waals surface area contributed by atoms with Crippen LogP contribution in [0.3, 0.4) is 0 Å². The summed E-state index contributed by atoms with van der Waals surface area (Å²) in [7, 11) is 0. The van der Waals surface area contributed by atoms with Gasteiger partial charge in [-0.25, -0.2) is 0 Å². The van der Waals surface area contributed by atoms with Crippen molar-refractivity contribution in [3.05, 3.63) is 84.4 Å². The zero-order chi connectivity index (χ0) is 16.8. The lowest BCUT2D eigenvalue weighted by Crippen LogP contribution is -2.08. The Morgan fingerprint density at radius 3 is 2.12 bits per heavy atom. The number of ether oxygens (including phenoxy) is 1. The molecule has 2 heteroatoms. The van der Waals surface area contributed by atoms with Gasteiger partial charge in [0.25, 0.3) is 0 Å². The molecule has 0 aliphatic carbocycles. The van der Waals surface area contributed by atoms with E-state index in [1.807, 2.05) is 80.7 Å². The summed E-state index contributed by atoms with van der Waals surface area (Å²) in [5.41, 5.74) is 4.14. The summed E-state index contributed by atoms with van der Waals surface area (Å²) in [6, 6.07) is 26.4. The van der Waals surface area contributed by atoms with Gasteiger partial charge in [0, 0.05) is 17.3 Å². The summed E-state index contributed by atoms with van der Waals surface area (Å²) in [5, 5.41) is 0. The Morgan fingerprint density at radius 2 is 1.46 bits per heavy atom. The Hall–Kier alpha value is -2.87. The van der Waals surface area contributed by atoms with Crippen molar-refractivity contribution in [3.63, 3.8) is 0 Å². The van der Waals surface area contributed by atoms with Crippen molar-refractivity contribution >= 4 is 11.9 Å². The summed E-state index contributed by atoms with van der Waals surface area (Å²) in [4.78, 5) is 4.57. The highest BCUT2D eigenvalue weighted by atomic mass is 16.5. The molecule has 0 spiro atoms. The maximum absolute atomic E-state index is 6.13. The van der Waals surface area contributed by atoms with Crippen LogP contribution in [0.15, 0.2) is 83.9 Å². The smallest absolute Gasteiger partial charge is 0.136 e. The highest BCUT2D eigenvalue weighted by Gasteiger charge is 2.12. The average Bonchev–Trinajstić information content (AvgIpc) is 2.62. The maximum Gasteiger partial charge on any atom is 0.136 e. The zero-order valence-electron chi connectivity index (χ0n) is 14.0. The number of nitrogens with zero attached hydrogens (tertiary/aromatic N) is 1. The first-order chi connectivity index (χ1) is 11.7. The Morgan fingerprint density at radius 1 is 0.792 bits per heavy atom. The van der Waals surface area contributed by atoms with Crippen LogP contribution in [-0.4, -0.2) is 12.3 Å². The molecule has 0 aliphatic rings. The Labute approximate surface area is 143 Å². The first kappa shape index (κ1) is 16.0. The molecule has 0 heterocycles. The van der Waals surface area contributed by atoms with Crippen LogP contribution in [-0.2, 0) is 0 Å². The highest BCUT2D eigenvalue weighted by Crippen LogP contribution is 2.33. The lowest BCUT2D eigenvalue weighted by atomic mass is 10.0. The molecule has 0 radical (unpaired) electrons. The van der Waals surface area contributed by atoms with E-state index in [9.17, 15) is 0 Å². The standard InChI is InChI=1S/C22H21NO/c1-17(2)24-22-19(16-23-20-13-7-4-8-14-20)12-9-15-21(22)18-10-5-3-6-11-18/h3-17H,1-2H3. The van der Waals surface area contributed by atoms with Crippen LogP contribution in [0, 0.1) is 0 Å². The average molecular weight is 315 g/mol. The van der Waals surface area contributed by atoms with E-state index >= 15 is 0 Å². The third-order valence-electron chi connectivity index (χ3n) is 3.59. The fourth-order valence-corrected chi connectivity index (χ4v) is 2.53. The first-order valence-electron chi connectivity index (χ1n) is 8.18. The van der Waals surface area contributed by atoms with Gasteiger partial charge in [0.2, 0.25) is 0 Å². The van der Waals surface area contributed by atoms with Crippen LogP contribution in [0.5, 0.6) is 5.75 Å². The molecule has 0 saturated carbocycles. The van der Waals surface area contributed by atoms with Gasteiger partial charge in [-0.15, -0.1) is 0 Å². The lowest BCUT2D eigenvalue weighted by Gasteiger charge is -2.17.